The van der Waals surface area contributed by atoms with Crippen molar-refractivity contribution in [2.75, 3.05) is 6.54 Å². The van der Waals surface area contributed by atoms with Crippen LogP contribution in [0.1, 0.15) is 45.6 Å². The minimum absolute atomic E-state index is 0.0652. The van der Waals surface area contributed by atoms with Gasteiger partial charge < -0.3 is 21.2 Å². The zero-order valence-electron chi connectivity index (χ0n) is 22.6. The van der Waals surface area contributed by atoms with E-state index >= 15 is 0 Å². The molecule has 218 valence electrons. The Morgan fingerprint density at radius 2 is 1.90 bits per heavy atom. The average Bonchev–Trinajstić information content (AvgIpc) is 3.40. The lowest BCUT2D eigenvalue weighted by Crippen LogP contribution is -2.32. The van der Waals surface area contributed by atoms with E-state index in [9.17, 15) is 22.8 Å². The van der Waals surface area contributed by atoms with E-state index in [1.54, 1.807) is 10.9 Å². The quantitative estimate of drug-likeness (QED) is 0.124. The van der Waals surface area contributed by atoms with Crippen LogP contribution >= 0.6 is 0 Å². The Hall–Kier alpha value is -4.75. The van der Waals surface area contributed by atoms with Crippen molar-refractivity contribution in [2.45, 2.75) is 52.7 Å². The van der Waals surface area contributed by atoms with Gasteiger partial charge in [-0.3, -0.25) is 19.3 Å². The van der Waals surface area contributed by atoms with Gasteiger partial charge in [-0.15, -0.1) is 18.3 Å². The first-order valence-electron chi connectivity index (χ1n) is 12.7. The molecule has 1 aromatic heterocycles. The van der Waals surface area contributed by atoms with E-state index in [0.29, 0.717) is 38.0 Å². The Morgan fingerprint density at radius 3 is 2.66 bits per heavy atom. The maximum Gasteiger partial charge on any atom is 0.573 e. The normalized spacial score (nSPS) is 12.0. The number of carbonyl (C=O) groups excluding carboxylic acids is 2. The Bertz CT molecular complexity index is 1400. The highest BCUT2D eigenvalue weighted by molar-refractivity contribution is 6.60. The summed E-state index contributed by atoms with van der Waals surface area (Å²) in [6.45, 7) is 5.21. The fraction of sp³-hybridized carbons (Fsp3) is 0.333. The van der Waals surface area contributed by atoms with E-state index in [1.807, 2.05) is 32.0 Å². The van der Waals surface area contributed by atoms with Crippen LogP contribution in [-0.2, 0) is 24.4 Å². The maximum atomic E-state index is 12.4. The third kappa shape index (κ3) is 10.4. The molecular weight excluding hydrogens is 541 g/mol. The molecule has 0 aliphatic rings. The minimum Gasteiger partial charge on any atom is -0.406 e. The Labute approximate surface area is 234 Å². The summed E-state index contributed by atoms with van der Waals surface area (Å²) < 4.78 is 42.6. The lowest BCUT2D eigenvalue weighted by molar-refractivity contribution is -0.274. The van der Waals surface area contributed by atoms with Gasteiger partial charge in [0.1, 0.15) is 5.75 Å². The lowest BCUT2D eigenvalue weighted by atomic mass is 10.1. The van der Waals surface area contributed by atoms with Gasteiger partial charge in [-0.25, -0.2) is 0 Å². The molecule has 0 saturated carbocycles. The lowest BCUT2D eigenvalue weighted by Gasteiger charge is -2.10. The van der Waals surface area contributed by atoms with Crippen molar-refractivity contribution in [2.24, 2.45) is 15.9 Å². The predicted molar refractivity (Wildman–Crippen MR) is 146 cm³/mol. The number of alkyl halides is 3. The predicted octanol–water partition coefficient (Wildman–Crippen LogP) is 3.21. The smallest absolute Gasteiger partial charge is 0.406 e. The number of hydrazone groups is 1. The zero-order valence-corrected chi connectivity index (χ0v) is 22.6. The van der Waals surface area contributed by atoms with Crippen molar-refractivity contribution in [3.05, 3.63) is 76.6 Å². The summed E-state index contributed by atoms with van der Waals surface area (Å²) in [5.41, 5.74) is 3.73. The van der Waals surface area contributed by atoms with Gasteiger partial charge in [-0.1, -0.05) is 41.1 Å². The second-order valence-electron chi connectivity index (χ2n) is 9.11. The number of aryl methyl sites for hydroxylation is 3. The first-order valence-corrected chi connectivity index (χ1v) is 12.7. The number of aliphatic imine (C=N–C) groups is 1. The van der Waals surface area contributed by atoms with Gasteiger partial charge in [-0.2, -0.15) is 5.10 Å². The van der Waals surface area contributed by atoms with Crippen LogP contribution in [0.4, 0.5) is 13.2 Å². The molecule has 2 amide bonds. The summed E-state index contributed by atoms with van der Waals surface area (Å²) >= 11 is 0. The molecule has 4 N–H and O–H groups in total. The molecule has 11 nitrogen and oxygen atoms in total. The molecule has 0 atom stereocenters. The molecule has 0 aliphatic carbocycles. The zero-order chi connectivity index (χ0) is 29.8. The minimum atomic E-state index is -4.81. The molecule has 0 fully saturated rings. The Morgan fingerprint density at radius 1 is 1.10 bits per heavy atom. The molecule has 0 spiro atoms. The summed E-state index contributed by atoms with van der Waals surface area (Å²) in [5.74, 6) is 3.95. The van der Waals surface area contributed by atoms with Crippen LogP contribution < -0.4 is 21.2 Å². The van der Waals surface area contributed by atoms with Gasteiger partial charge >= 0.3 is 6.36 Å². The van der Waals surface area contributed by atoms with Gasteiger partial charge in [0.2, 0.25) is 0 Å². The molecule has 14 heteroatoms. The molecule has 0 radical (unpaired) electrons. The van der Waals surface area contributed by atoms with E-state index in [4.69, 9.17) is 5.84 Å². The molecule has 1 heterocycles. The SMILES string of the molecule is Cc1ccc(C)c(CNC(=O)c2cn(CCCCN=CC(=NN)C(=O)NCc3cccc(OC(F)(F)F)c3)nn2)c1. The highest BCUT2D eigenvalue weighted by atomic mass is 19.4. The van der Waals surface area contributed by atoms with Crippen molar-refractivity contribution in [1.82, 2.24) is 25.6 Å². The molecule has 0 bridgehead atoms. The van der Waals surface area contributed by atoms with Crippen LogP contribution in [0.5, 0.6) is 5.75 Å². The van der Waals surface area contributed by atoms with E-state index < -0.39 is 18.0 Å². The number of aromatic nitrogens is 3. The van der Waals surface area contributed by atoms with Crippen LogP contribution in [-0.4, -0.2) is 51.6 Å². The second-order valence-corrected chi connectivity index (χ2v) is 9.11. The number of nitrogens with one attached hydrogen (secondary N) is 2. The van der Waals surface area contributed by atoms with Crippen LogP contribution in [0.2, 0.25) is 0 Å². The molecule has 41 heavy (non-hydrogen) atoms. The fourth-order valence-corrected chi connectivity index (χ4v) is 3.67. The van der Waals surface area contributed by atoms with Crippen LogP contribution in [0.3, 0.4) is 0 Å². The van der Waals surface area contributed by atoms with Crippen molar-refractivity contribution < 1.29 is 27.5 Å². The summed E-state index contributed by atoms with van der Waals surface area (Å²) in [7, 11) is 0. The number of halogens is 3. The number of hydrogen-bond acceptors (Lipinski definition) is 8. The van der Waals surface area contributed by atoms with E-state index in [-0.39, 0.29) is 23.9 Å². The van der Waals surface area contributed by atoms with Crippen molar-refractivity contribution in [3.8, 4) is 5.75 Å². The van der Waals surface area contributed by atoms with Crippen molar-refractivity contribution >= 4 is 23.7 Å². The molecule has 0 saturated heterocycles. The largest absolute Gasteiger partial charge is 0.573 e. The van der Waals surface area contributed by atoms with Crippen molar-refractivity contribution in [1.29, 1.82) is 0 Å². The van der Waals surface area contributed by atoms with Gasteiger partial charge in [-0.05, 0) is 55.5 Å². The average molecular weight is 573 g/mol. The number of amides is 2. The van der Waals surface area contributed by atoms with E-state index in [1.165, 1.54) is 18.3 Å². The number of nitrogens with two attached hydrogens (primary N) is 1. The summed E-state index contributed by atoms with van der Waals surface area (Å²) in [4.78, 5) is 28.9. The van der Waals surface area contributed by atoms with Gasteiger partial charge in [0.25, 0.3) is 11.8 Å². The molecule has 0 aliphatic heterocycles. The topological polar surface area (TPSA) is 149 Å². The Kier molecular flexibility index (Phi) is 11.0. The maximum absolute atomic E-state index is 12.4. The van der Waals surface area contributed by atoms with Crippen molar-refractivity contribution in [3.63, 3.8) is 0 Å². The number of hydrogen-bond donors (Lipinski definition) is 3. The Balaban J connectivity index is 1.37. The number of unbranched alkanes of at least 4 members (excludes halogenated alkanes) is 1. The number of benzene rings is 2. The van der Waals surface area contributed by atoms with E-state index in [2.05, 4.69) is 35.8 Å². The summed E-state index contributed by atoms with van der Waals surface area (Å²) in [5, 5.41) is 16.7. The highest BCUT2D eigenvalue weighted by Crippen LogP contribution is 2.23. The third-order valence-corrected chi connectivity index (χ3v) is 5.81. The molecule has 0 unspecified atom stereocenters. The fourth-order valence-electron chi connectivity index (χ4n) is 3.67. The number of nitrogens with zero attached hydrogens (tertiary/aromatic N) is 5. The summed E-state index contributed by atoms with van der Waals surface area (Å²) in [6, 6.07) is 11.3. The first-order chi connectivity index (χ1) is 19.5. The number of rotatable bonds is 13. The monoisotopic (exact) mass is 572 g/mol. The number of carbonyl (C=O) groups is 2. The van der Waals surface area contributed by atoms with E-state index in [0.717, 1.165) is 28.8 Å². The van der Waals surface area contributed by atoms with Gasteiger partial charge in [0, 0.05) is 26.2 Å². The van der Waals surface area contributed by atoms with Crippen LogP contribution in [0, 0.1) is 13.8 Å². The molecule has 3 aromatic rings. The molecule has 2 aromatic carbocycles. The first kappa shape index (κ1) is 30.8. The van der Waals surface area contributed by atoms with Crippen LogP contribution in [0.25, 0.3) is 0 Å². The van der Waals surface area contributed by atoms with Crippen LogP contribution in [0.15, 0.2) is 58.8 Å². The molecule has 3 rings (SSSR count). The standard InChI is InChI=1S/C27H31F3N8O3/c1-18-8-9-19(2)21(12-18)15-34-26(40)24-17-38(37-36-24)11-4-3-10-32-16-23(35-31)25(39)33-14-20-6-5-7-22(13-20)41-27(28,29)30/h5-9,12-13,16-17H,3-4,10-11,14-15,31H2,1-2H3,(H,33,39)(H,34,40). The number of ether oxygens (including phenoxy) is 1. The summed E-state index contributed by atoms with van der Waals surface area (Å²) in [6.07, 6.45) is -0.672. The molecular formula is C27H31F3N8O3. The second kappa shape index (κ2) is 14.6. The third-order valence-electron chi connectivity index (χ3n) is 5.81. The highest BCUT2D eigenvalue weighted by Gasteiger charge is 2.31. The van der Waals surface area contributed by atoms with Gasteiger partial charge in [0.05, 0.1) is 12.4 Å². The van der Waals surface area contributed by atoms with Gasteiger partial charge in [0.15, 0.2) is 11.4 Å².